The highest BCUT2D eigenvalue weighted by Gasteiger charge is 2.19. The van der Waals surface area contributed by atoms with Crippen LogP contribution >= 0.6 is 0 Å². The highest BCUT2D eigenvalue weighted by Crippen LogP contribution is 2.40. The van der Waals surface area contributed by atoms with E-state index >= 15 is 0 Å². The Labute approximate surface area is 392 Å². The molecule has 3 aromatic heterocycles. The molecule has 0 unspecified atom stereocenters. The first kappa shape index (κ1) is 39.2. The van der Waals surface area contributed by atoms with Gasteiger partial charge < -0.3 is 8.98 Å². The summed E-state index contributed by atoms with van der Waals surface area (Å²) in [4.78, 5) is 15.5. The molecule has 0 amide bonds. The summed E-state index contributed by atoms with van der Waals surface area (Å²) >= 11 is 0. The summed E-state index contributed by atoms with van der Waals surface area (Å²) in [7, 11) is 0. The Kier molecular flexibility index (Phi) is 9.43. The highest BCUT2D eigenvalue weighted by atomic mass is 16.3. The van der Waals surface area contributed by atoms with Crippen molar-refractivity contribution in [3.05, 3.63) is 243 Å². The summed E-state index contributed by atoms with van der Waals surface area (Å²) in [6, 6.07) is 85.2. The summed E-state index contributed by atoms with van der Waals surface area (Å²) in [5, 5.41) is 4.45. The van der Waals surface area contributed by atoms with E-state index in [1.54, 1.807) is 0 Å². The predicted molar refractivity (Wildman–Crippen MR) is 279 cm³/mol. The molecule has 0 atom stereocenters. The largest absolute Gasteiger partial charge is 0.456 e. The van der Waals surface area contributed by atoms with Crippen molar-refractivity contribution in [3.63, 3.8) is 0 Å². The minimum atomic E-state index is 0.570. The fraction of sp³-hybridized carbons (Fsp3) is 0. The van der Waals surface area contributed by atoms with E-state index in [0.717, 1.165) is 77.6 Å². The van der Waals surface area contributed by atoms with Crippen molar-refractivity contribution < 1.29 is 4.42 Å². The molecule has 0 saturated heterocycles. The lowest BCUT2D eigenvalue weighted by molar-refractivity contribution is 0.669. The van der Waals surface area contributed by atoms with Crippen LogP contribution in [0.1, 0.15) is 0 Å². The maximum Gasteiger partial charge on any atom is 0.164 e. The van der Waals surface area contributed by atoms with Gasteiger partial charge in [0.1, 0.15) is 11.2 Å². The van der Waals surface area contributed by atoms with Crippen LogP contribution in [0.25, 0.3) is 128 Å². The first-order valence-electron chi connectivity index (χ1n) is 22.9. The molecule has 13 aromatic rings. The molecule has 0 N–H and O–H groups in total. The molecular weight excluding hydrogens is 829 g/mol. The van der Waals surface area contributed by atoms with Gasteiger partial charge in [0.2, 0.25) is 0 Å². The van der Waals surface area contributed by atoms with Gasteiger partial charge in [-0.3, -0.25) is 0 Å². The fourth-order valence-corrected chi connectivity index (χ4v) is 9.67. The van der Waals surface area contributed by atoms with Gasteiger partial charge in [0, 0.05) is 50.0 Å². The van der Waals surface area contributed by atoms with Crippen LogP contribution in [-0.2, 0) is 0 Å². The molecule has 0 fully saturated rings. The maximum atomic E-state index is 6.81. The molecule has 0 radical (unpaired) electrons. The van der Waals surface area contributed by atoms with Gasteiger partial charge >= 0.3 is 0 Å². The summed E-state index contributed by atoms with van der Waals surface area (Å²) < 4.78 is 9.16. The smallest absolute Gasteiger partial charge is 0.164 e. The van der Waals surface area contributed by atoms with Crippen LogP contribution in [0.4, 0.5) is 0 Å². The molecule has 318 valence electrons. The second kappa shape index (κ2) is 16.4. The van der Waals surface area contributed by atoms with Gasteiger partial charge in [0.25, 0.3) is 0 Å². The lowest BCUT2D eigenvalue weighted by Crippen LogP contribution is -2.00. The molecule has 13 rings (SSSR count). The summed E-state index contributed by atoms with van der Waals surface area (Å²) in [6.45, 7) is 0. The zero-order valence-electron chi connectivity index (χ0n) is 36.8. The van der Waals surface area contributed by atoms with Gasteiger partial charge in [0.05, 0.1) is 11.0 Å². The normalized spacial score (nSPS) is 11.5. The Bertz CT molecular complexity index is 3900. The zero-order chi connectivity index (χ0) is 45.0. The van der Waals surface area contributed by atoms with E-state index in [-0.39, 0.29) is 0 Å². The third-order valence-corrected chi connectivity index (χ3v) is 13.0. The molecule has 5 nitrogen and oxygen atoms in total. The van der Waals surface area contributed by atoms with Gasteiger partial charge in [-0.25, -0.2) is 15.0 Å². The second-order valence-electron chi connectivity index (χ2n) is 17.2. The SMILES string of the molecule is c1ccc(-c2cccc(-c3ccc(-n4c5ccccc5c5cc6c(cc54)oc4cc(-c5nc(-c7cccc(-c8ccccc8)c7)nc(-c7cccc(-c8ccccc8)c7)n5)ccc46)cc3)c2)cc1. The first-order valence-corrected chi connectivity index (χ1v) is 22.9. The van der Waals surface area contributed by atoms with E-state index < -0.39 is 0 Å². The van der Waals surface area contributed by atoms with E-state index in [1.165, 1.54) is 33.0 Å². The molecule has 0 aliphatic carbocycles. The minimum absolute atomic E-state index is 0.570. The number of hydrogen-bond donors (Lipinski definition) is 0. The standard InChI is InChI=1S/C63H40N4O/c1-4-15-41(16-5-1)45-21-12-22-46(35-45)44-29-32-52(33-30-44)67-57-28-11-10-27-53(57)55-39-56-54-34-31-51(38-59(54)68-60(56)40-58(55)67)63-65-61(49-25-13-23-47(36-49)42-17-6-2-7-18-42)64-62(66-63)50-26-14-24-48(37-50)43-19-8-3-9-20-43/h1-40H. The van der Waals surface area contributed by atoms with Crippen LogP contribution in [-0.4, -0.2) is 19.5 Å². The van der Waals surface area contributed by atoms with Crippen molar-refractivity contribution in [2.45, 2.75) is 0 Å². The molecular formula is C63H40N4O. The molecule has 0 spiro atoms. The zero-order valence-corrected chi connectivity index (χ0v) is 36.8. The van der Waals surface area contributed by atoms with Crippen molar-refractivity contribution in [2.24, 2.45) is 0 Å². The Morgan fingerprint density at radius 2 is 0.662 bits per heavy atom. The number of furan rings is 1. The van der Waals surface area contributed by atoms with Crippen molar-refractivity contribution in [1.82, 2.24) is 19.5 Å². The van der Waals surface area contributed by atoms with E-state index in [0.29, 0.717) is 17.5 Å². The van der Waals surface area contributed by atoms with E-state index in [4.69, 9.17) is 19.4 Å². The van der Waals surface area contributed by atoms with E-state index in [1.807, 2.05) is 12.1 Å². The van der Waals surface area contributed by atoms with Gasteiger partial charge in [-0.15, -0.1) is 0 Å². The van der Waals surface area contributed by atoms with Crippen LogP contribution in [0.5, 0.6) is 0 Å². The maximum absolute atomic E-state index is 6.81. The van der Waals surface area contributed by atoms with E-state index in [9.17, 15) is 0 Å². The highest BCUT2D eigenvalue weighted by molar-refractivity contribution is 6.17. The van der Waals surface area contributed by atoms with Gasteiger partial charge in [0.15, 0.2) is 17.5 Å². The third kappa shape index (κ3) is 7.02. The molecule has 68 heavy (non-hydrogen) atoms. The predicted octanol–water partition coefficient (Wildman–Crippen LogP) is 16.5. The summed E-state index contributed by atoms with van der Waals surface area (Å²) in [5.74, 6) is 1.77. The van der Waals surface area contributed by atoms with Crippen LogP contribution < -0.4 is 0 Å². The number of rotatable bonds is 8. The van der Waals surface area contributed by atoms with Crippen molar-refractivity contribution >= 4 is 43.7 Å². The fourth-order valence-electron chi connectivity index (χ4n) is 9.67. The summed E-state index contributed by atoms with van der Waals surface area (Å²) in [6.07, 6.45) is 0. The van der Waals surface area contributed by atoms with Crippen molar-refractivity contribution in [2.75, 3.05) is 0 Å². The second-order valence-corrected chi connectivity index (χ2v) is 17.2. The van der Waals surface area contributed by atoms with Crippen molar-refractivity contribution in [1.29, 1.82) is 0 Å². The number of hydrogen-bond acceptors (Lipinski definition) is 4. The molecule has 0 aliphatic heterocycles. The Morgan fingerprint density at radius 1 is 0.250 bits per heavy atom. The third-order valence-electron chi connectivity index (χ3n) is 13.0. The molecule has 10 aromatic carbocycles. The lowest BCUT2D eigenvalue weighted by atomic mass is 9.99. The molecule has 0 bridgehead atoms. The molecule has 0 aliphatic rings. The van der Waals surface area contributed by atoms with E-state index in [2.05, 4.69) is 235 Å². The van der Waals surface area contributed by atoms with Crippen molar-refractivity contribution in [3.8, 4) is 84.4 Å². The number of nitrogens with zero attached hydrogens (tertiary/aromatic N) is 4. The summed E-state index contributed by atoms with van der Waals surface area (Å²) in [5.41, 5.74) is 16.8. The lowest BCUT2D eigenvalue weighted by Gasteiger charge is -2.10. The number of benzene rings is 10. The molecule has 0 saturated carbocycles. The van der Waals surface area contributed by atoms with Gasteiger partial charge in [-0.1, -0.05) is 182 Å². The minimum Gasteiger partial charge on any atom is -0.456 e. The number of para-hydroxylation sites is 1. The van der Waals surface area contributed by atoms with Crippen LogP contribution in [0.2, 0.25) is 0 Å². The topological polar surface area (TPSA) is 56.7 Å². The number of fused-ring (bicyclic) bond motifs is 6. The quantitative estimate of drug-likeness (QED) is 0.153. The van der Waals surface area contributed by atoms with Crippen LogP contribution in [0.15, 0.2) is 247 Å². The van der Waals surface area contributed by atoms with Crippen LogP contribution in [0.3, 0.4) is 0 Å². The Morgan fingerprint density at radius 3 is 1.21 bits per heavy atom. The average Bonchev–Trinajstić information content (AvgIpc) is 3.95. The Balaban J connectivity index is 0.915. The van der Waals surface area contributed by atoms with Crippen LogP contribution in [0, 0.1) is 0 Å². The first-order chi connectivity index (χ1) is 33.7. The van der Waals surface area contributed by atoms with Gasteiger partial charge in [-0.2, -0.15) is 0 Å². The average molecular weight is 869 g/mol. The Hall–Kier alpha value is -9.19. The number of aromatic nitrogens is 4. The molecule has 3 heterocycles. The monoisotopic (exact) mass is 868 g/mol. The van der Waals surface area contributed by atoms with Gasteiger partial charge in [-0.05, 0) is 99.1 Å². The molecule has 5 heteroatoms.